The van der Waals surface area contributed by atoms with Crippen molar-refractivity contribution < 1.29 is 70.8 Å². The number of hydrogen-bond acceptors (Lipinski definition) is 31. The Labute approximate surface area is 558 Å². The van der Waals surface area contributed by atoms with Crippen LogP contribution in [0.3, 0.4) is 0 Å². The van der Waals surface area contributed by atoms with Gasteiger partial charge in [-0.2, -0.15) is 4.98 Å². The Morgan fingerprint density at radius 1 is 0.540 bits per heavy atom. The molecule has 39 nitrogen and oxygen atoms in total. The Hall–Kier alpha value is -14.8. The molecule has 0 saturated heterocycles. The number of halogens is 3. The van der Waals surface area contributed by atoms with Gasteiger partial charge in [-0.3, -0.25) is 19.2 Å². The number of hydrogen-bond donors (Lipinski definition) is 9. The Balaban J connectivity index is 0.000000156. The summed E-state index contributed by atoms with van der Waals surface area (Å²) in [7, 11) is 3.57. The summed E-state index contributed by atoms with van der Waals surface area (Å²) < 4.78 is 59.7. The van der Waals surface area contributed by atoms with Crippen LogP contribution < -0.4 is 44.2 Å². The minimum atomic E-state index is -1.42. The number of carboxylic acids is 1. The van der Waals surface area contributed by atoms with Crippen molar-refractivity contribution in [3.63, 3.8) is 0 Å². The summed E-state index contributed by atoms with van der Waals surface area (Å²) in [6.07, 6.45) is 6.57. The number of fused-ring (bicyclic) bond motifs is 4. The molecule has 100 heavy (non-hydrogen) atoms. The molecule has 0 saturated carbocycles. The van der Waals surface area contributed by atoms with Crippen LogP contribution in [0.1, 0.15) is 111 Å². The number of nitrogens with one attached hydrogen (secondary N) is 4. The lowest BCUT2D eigenvalue weighted by atomic mass is 10.1. The summed E-state index contributed by atoms with van der Waals surface area (Å²) in [6, 6.07) is 13.2. The first-order chi connectivity index (χ1) is 47.7. The number of benzene rings is 3. The van der Waals surface area contributed by atoms with Crippen molar-refractivity contribution >= 4 is 127 Å². The van der Waals surface area contributed by atoms with Crippen LogP contribution in [0.4, 0.5) is 58.9 Å². The van der Waals surface area contributed by atoms with Crippen LogP contribution in [0.25, 0.3) is 22.7 Å². The van der Waals surface area contributed by atoms with Gasteiger partial charge in [0.15, 0.2) is 17.1 Å². The number of carbonyl (C=O) groups is 8. The molecule has 13 N–H and O–H groups in total. The number of ether oxygens (including phenoxy) is 3. The van der Waals surface area contributed by atoms with Crippen molar-refractivity contribution in [3.05, 3.63) is 156 Å². The minimum absolute atomic E-state index is 0.00295. The van der Waals surface area contributed by atoms with Gasteiger partial charge in [0.1, 0.15) is 28.0 Å². The number of aromatic nitrogens is 19. The van der Waals surface area contributed by atoms with Gasteiger partial charge in [-0.25, -0.2) is 41.8 Å². The van der Waals surface area contributed by atoms with Crippen LogP contribution in [0.15, 0.2) is 72.9 Å². The van der Waals surface area contributed by atoms with Crippen LogP contribution in [-0.2, 0) is 14.2 Å². The van der Waals surface area contributed by atoms with E-state index >= 15 is 0 Å². The summed E-state index contributed by atoms with van der Waals surface area (Å²) in [5, 5.41) is 66.7. The Morgan fingerprint density at radius 3 is 1.44 bits per heavy atom. The largest absolute Gasteiger partial charge is 0.478 e. The van der Waals surface area contributed by atoms with Gasteiger partial charge in [-0.1, -0.05) is 11.8 Å². The highest BCUT2D eigenvalue weighted by molar-refractivity contribution is 7.14. The molecular weight excluding hydrogens is 1340 g/mol. The molecule has 9 heterocycles. The molecule has 3 aromatic carbocycles. The molecule has 43 heteroatoms. The summed E-state index contributed by atoms with van der Waals surface area (Å²) in [6.45, 7) is 4.84. The molecule has 0 aliphatic heterocycles. The number of carbonyl (C=O) groups excluding carboxylic acids is 7. The number of thiophene rings is 1. The predicted octanol–water partition coefficient (Wildman–Crippen LogP) is 2.53. The molecule has 0 spiro atoms. The van der Waals surface area contributed by atoms with Crippen LogP contribution >= 0.6 is 11.3 Å². The number of terminal acetylenes is 1. The van der Waals surface area contributed by atoms with Gasteiger partial charge in [0.05, 0.1) is 89.0 Å². The van der Waals surface area contributed by atoms with Gasteiger partial charge in [-0.15, -0.1) is 73.3 Å². The number of carboxylic acid groups (broad SMARTS) is 1. The molecule has 12 rings (SSSR count). The zero-order valence-electron chi connectivity index (χ0n) is 51.8. The highest BCUT2D eigenvalue weighted by Gasteiger charge is 2.25. The van der Waals surface area contributed by atoms with Crippen molar-refractivity contribution in [2.24, 2.45) is 0 Å². The van der Waals surface area contributed by atoms with Gasteiger partial charge in [-0.05, 0) is 124 Å². The van der Waals surface area contributed by atoms with E-state index in [2.05, 4.69) is 125 Å². The van der Waals surface area contributed by atoms with Crippen molar-refractivity contribution in [1.82, 2.24) is 95.3 Å². The van der Waals surface area contributed by atoms with Gasteiger partial charge in [0.2, 0.25) is 22.9 Å². The van der Waals surface area contributed by atoms with E-state index in [1.807, 2.05) is 6.92 Å². The first-order valence-corrected chi connectivity index (χ1v) is 28.3. The third kappa shape index (κ3) is 15.4. The van der Waals surface area contributed by atoms with E-state index in [4.69, 9.17) is 39.2 Å². The predicted molar refractivity (Wildman–Crippen MR) is 340 cm³/mol. The van der Waals surface area contributed by atoms with Crippen molar-refractivity contribution in [2.75, 3.05) is 65.5 Å². The number of nitrogen functional groups attached to an aromatic ring is 4. The number of aryl methyl sites for hydroxylation is 2. The fourth-order valence-corrected chi connectivity index (χ4v) is 9.25. The van der Waals surface area contributed by atoms with Gasteiger partial charge >= 0.3 is 23.9 Å². The van der Waals surface area contributed by atoms with Crippen molar-refractivity contribution in [2.45, 2.75) is 20.8 Å². The van der Waals surface area contributed by atoms with Crippen LogP contribution in [0, 0.1) is 55.5 Å². The number of esters is 3. The highest BCUT2D eigenvalue weighted by atomic mass is 32.1. The maximum absolute atomic E-state index is 14.1. The standard InChI is InChI=1S/C16H12FN7O3.C15H9FN6O3.C14H12FN7O3.C12H11N7O3S/c1-3-4-8-5-12(9(6-10(8)17)16(26)27-2)19-15(25)13-7-11(18)14-20-22-23-24(14)21-13;1-2-7-5-11(8(13(24)25)6-9(7)16)18-12(23)10-3-4-22-15(19-10)20-14(17)21-22;1-6-3-10(7(4-8(6)15)14(24)25-2)17-13(23)11-5-9(16)12-18-20-21-22(12)19-11;1-5-3-7(9(23-5)12(21)22-2)14-11(20)8-4-6(13)10-15-17-18-19(10)16-8/h5-7H,18H2,1-2H3,(H,19,25);1,3-6H,(H2,17,21)(H,18,23)(H,24,25);3-5H,16H2,1-2H3,(H,17,23);3-4H,13H2,1-2H3,(H,14,20). The van der Waals surface area contributed by atoms with Crippen LogP contribution in [0.5, 0.6) is 0 Å². The number of tetrazole rings is 3. The van der Waals surface area contributed by atoms with Crippen molar-refractivity contribution in [3.8, 4) is 24.2 Å². The number of rotatable bonds is 12. The third-order valence-electron chi connectivity index (χ3n) is 13.0. The average molecular weight is 1390 g/mol. The zero-order valence-corrected chi connectivity index (χ0v) is 52.6. The highest BCUT2D eigenvalue weighted by Crippen LogP contribution is 2.29. The van der Waals surface area contributed by atoms with E-state index < -0.39 is 70.5 Å². The van der Waals surface area contributed by atoms with Gasteiger partial charge in [0, 0.05) is 11.1 Å². The van der Waals surface area contributed by atoms with Gasteiger partial charge in [0.25, 0.3) is 29.4 Å². The zero-order chi connectivity index (χ0) is 72.4. The Morgan fingerprint density at radius 2 is 0.970 bits per heavy atom. The SMILES string of the molecule is C#Cc1cc(NC(=O)c2ccn3nc(N)nc3n2)c(C(=O)O)cc1F.CC#Cc1cc(NC(=O)c2cc(N)c3nnnn3n2)c(C(=O)OC)cc1F.COC(=O)c1cc(F)c(C)cc1NC(=O)c1cc(N)c2nnnn2n1.COC(=O)c1sc(C)cc1NC(=O)c1cc(N)c2nnnn2n1. The molecule has 0 fully saturated rings. The quantitative estimate of drug-likeness (QED) is 0.0482. The van der Waals surface area contributed by atoms with E-state index in [1.165, 1.54) is 79.4 Å². The van der Waals surface area contributed by atoms with Crippen LogP contribution in [0.2, 0.25) is 0 Å². The topological polar surface area (TPSA) is 548 Å². The maximum atomic E-state index is 14.1. The lowest BCUT2D eigenvalue weighted by Gasteiger charge is -2.11. The second-order valence-corrected chi connectivity index (χ2v) is 20.8. The summed E-state index contributed by atoms with van der Waals surface area (Å²) >= 11 is 1.22. The number of nitrogens with two attached hydrogens (primary N) is 4. The Bertz CT molecular complexity index is 5440. The Kier molecular flexibility index (Phi) is 20.6. The lowest BCUT2D eigenvalue weighted by molar-refractivity contribution is 0.0592. The summed E-state index contributed by atoms with van der Waals surface area (Å²) in [5.74, 6) is -1.21. The molecule has 0 atom stereocenters. The average Bonchev–Trinajstić information content (AvgIpc) is 1.42. The molecular formula is C57H44F3N27O12S. The number of aromatic carboxylic acids is 1. The van der Waals surface area contributed by atoms with Crippen LogP contribution in [-0.4, -0.2) is 169 Å². The smallest absolute Gasteiger partial charge is 0.350 e. The summed E-state index contributed by atoms with van der Waals surface area (Å²) in [4.78, 5) is 105. The third-order valence-corrected chi connectivity index (χ3v) is 14.0. The maximum Gasteiger partial charge on any atom is 0.350 e. The second kappa shape index (κ2) is 29.7. The normalized spacial score (nSPS) is 10.5. The molecule has 506 valence electrons. The lowest BCUT2D eigenvalue weighted by Crippen LogP contribution is -2.19. The molecule has 9 aromatic heterocycles. The molecule has 0 aliphatic rings. The van der Waals surface area contributed by atoms with E-state index in [9.17, 15) is 51.5 Å². The molecule has 0 bridgehead atoms. The fourth-order valence-electron chi connectivity index (χ4n) is 8.36. The first kappa shape index (κ1) is 69.6. The fraction of sp³-hybridized carbons (Fsp3) is 0.105. The van der Waals surface area contributed by atoms with Crippen molar-refractivity contribution in [1.29, 1.82) is 0 Å². The van der Waals surface area contributed by atoms with E-state index in [0.29, 0.717) is 10.6 Å². The van der Waals surface area contributed by atoms with E-state index in [0.717, 1.165) is 57.3 Å². The van der Waals surface area contributed by atoms with E-state index in [1.54, 1.807) is 6.07 Å². The summed E-state index contributed by atoms with van der Waals surface area (Å²) in [5.41, 5.74) is 23.2. The van der Waals surface area contributed by atoms with E-state index in [-0.39, 0.29) is 113 Å². The molecule has 4 amide bonds. The first-order valence-electron chi connectivity index (χ1n) is 27.5. The second-order valence-electron chi connectivity index (χ2n) is 19.6. The molecule has 0 aliphatic carbocycles. The molecule has 0 unspecified atom stereocenters. The molecule has 12 aromatic rings. The number of nitrogens with zero attached hydrogens (tertiary/aromatic N) is 19. The van der Waals surface area contributed by atoms with Gasteiger partial charge < -0.3 is 63.5 Å². The number of anilines is 8. The number of amides is 4. The monoisotopic (exact) mass is 1390 g/mol. The number of methoxy groups -OCH3 is 3. The minimum Gasteiger partial charge on any atom is -0.478 e. The molecule has 0 radical (unpaired) electrons.